The first-order valence-electron chi connectivity index (χ1n) is 7.84. The minimum Gasteiger partial charge on any atom is -0.495 e. The zero-order chi connectivity index (χ0) is 21.1. The van der Waals surface area contributed by atoms with Crippen LogP contribution in [0.4, 0.5) is 17.1 Å². The van der Waals surface area contributed by atoms with Gasteiger partial charge in [-0.1, -0.05) is 12.1 Å². The van der Waals surface area contributed by atoms with Gasteiger partial charge in [0.05, 0.1) is 28.4 Å². The Hall–Kier alpha value is -3.47. The minimum absolute atomic E-state index is 0.0811. The van der Waals surface area contributed by atoms with E-state index in [-0.39, 0.29) is 34.3 Å². The Balaban J connectivity index is 2.71. The molecule has 0 amide bonds. The molecule has 148 valence electrons. The van der Waals surface area contributed by atoms with Gasteiger partial charge in [-0.15, -0.1) is 6.58 Å². The van der Waals surface area contributed by atoms with Crippen molar-refractivity contribution in [2.45, 2.75) is 11.8 Å². The molecule has 2 aromatic rings. The Morgan fingerprint density at radius 1 is 1.14 bits per heavy atom. The van der Waals surface area contributed by atoms with Gasteiger partial charge in [0.25, 0.3) is 21.4 Å². The first kappa shape index (κ1) is 20.8. The van der Waals surface area contributed by atoms with E-state index in [1.54, 1.807) is 0 Å². The van der Waals surface area contributed by atoms with Gasteiger partial charge in [0.15, 0.2) is 0 Å². The van der Waals surface area contributed by atoms with Crippen molar-refractivity contribution < 1.29 is 23.0 Å². The Morgan fingerprint density at radius 2 is 1.82 bits per heavy atom. The van der Waals surface area contributed by atoms with Gasteiger partial charge in [0.2, 0.25) is 0 Å². The molecule has 0 aliphatic heterocycles. The van der Waals surface area contributed by atoms with E-state index in [2.05, 4.69) is 6.58 Å². The topological polar surface area (TPSA) is 133 Å². The van der Waals surface area contributed by atoms with Crippen LogP contribution in [0.15, 0.2) is 53.9 Å². The van der Waals surface area contributed by atoms with Crippen LogP contribution in [0.1, 0.15) is 5.56 Å². The normalized spacial score (nSPS) is 10.9. The highest BCUT2D eigenvalue weighted by molar-refractivity contribution is 7.92. The molecule has 0 aliphatic rings. The predicted molar refractivity (Wildman–Crippen MR) is 102 cm³/mol. The van der Waals surface area contributed by atoms with Crippen LogP contribution in [-0.4, -0.2) is 31.9 Å². The van der Waals surface area contributed by atoms with Gasteiger partial charge in [0, 0.05) is 23.8 Å². The number of nitro groups is 2. The summed E-state index contributed by atoms with van der Waals surface area (Å²) in [5.74, 6) is 0.0811. The van der Waals surface area contributed by atoms with Crippen molar-refractivity contribution in [3.8, 4) is 5.75 Å². The lowest BCUT2D eigenvalue weighted by atomic mass is 10.2. The van der Waals surface area contributed by atoms with E-state index in [0.29, 0.717) is 5.56 Å². The van der Waals surface area contributed by atoms with Gasteiger partial charge in [-0.05, 0) is 19.1 Å². The highest BCUT2D eigenvalue weighted by Crippen LogP contribution is 2.36. The number of sulfonamides is 1. The number of hydrogen-bond donors (Lipinski definition) is 0. The fraction of sp³-hybridized carbons (Fsp3) is 0.176. The van der Waals surface area contributed by atoms with Gasteiger partial charge >= 0.3 is 0 Å². The number of aryl methyl sites for hydroxylation is 1. The van der Waals surface area contributed by atoms with Crippen LogP contribution in [0.25, 0.3) is 0 Å². The lowest BCUT2D eigenvalue weighted by molar-refractivity contribution is -0.385. The molecule has 10 nitrogen and oxygen atoms in total. The van der Waals surface area contributed by atoms with Crippen LogP contribution in [-0.2, 0) is 10.0 Å². The maximum absolute atomic E-state index is 13.2. The Morgan fingerprint density at radius 3 is 2.36 bits per heavy atom. The van der Waals surface area contributed by atoms with Crippen LogP contribution in [0.3, 0.4) is 0 Å². The third-order valence-electron chi connectivity index (χ3n) is 3.90. The second-order valence-corrected chi connectivity index (χ2v) is 7.51. The molecule has 0 fully saturated rings. The van der Waals surface area contributed by atoms with Crippen molar-refractivity contribution in [3.05, 3.63) is 74.8 Å². The van der Waals surface area contributed by atoms with Crippen molar-refractivity contribution in [3.63, 3.8) is 0 Å². The molecule has 0 radical (unpaired) electrons. The molecule has 0 aliphatic carbocycles. The highest BCUT2D eigenvalue weighted by atomic mass is 32.2. The molecule has 0 heterocycles. The minimum atomic E-state index is -4.31. The maximum Gasteiger partial charge on any atom is 0.273 e. The molecule has 0 aromatic heterocycles. The third-order valence-corrected chi connectivity index (χ3v) is 5.68. The van der Waals surface area contributed by atoms with Gasteiger partial charge < -0.3 is 4.74 Å². The Kier molecular flexibility index (Phi) is 5.99. The molecule has 2 rings (SSSR count). The first-order valence-corrected chi connectivity index (χ1v) is 9.28. The lowest BCUT2D eigenvalue weighted by Crippen LogP contribution is -2.31. The monoisotopic (exact) mass is 407 g/mol. The zero-order valence-corrected chi connectivity index (χ0v) is 15.9. The second kappa shape index (κ2) is 8.05. The molecular weight excluding hydrogens is 390 g/mol. The third kappa shape index (κ3) is 3.93. The van der Waals surface area contributed by atoms with Crippen LogP contribution in [0, 0.1) is 27.2 Å². The van der Waals surface area contributed by atoms with Crippen molar-refractivity contribution in [1.82, 2.24) is 0 Å². The average molecular weight is 407 g/mol. The van der Waals surface area contributed by atoms with Crippen molar-refractivity contribution >= 4 is 27.1 Å². The summed E-state index contributed by atoms with van der Waals surface area (Å²) in [4.78, 5) is 20.6. The molecule has 28 heavy (non-hydrogen) atoms. The maximum atomic E-state index is 13.2. The largest absolute Gasteiger partial charge is 0.495 e. The molecule has 0 unspecified atom stereocenters. The molecule has 2 aromatic carbocycles. The van der Waals surface area contributed by atoms with E-state index in [1.165, 1.54) is 44.4 Å². The second-order valence-electron chi connectivity index (χ2n) is 5.64. The molecule has 0 atom stereocenters. The van der Waals surface area contributed by atoms with Crippen molar-refractivity contribution in [2.24, 2.45) is 0 Å². The zero-order valence-electron chi connectivity index (χ0n) is 15.1. The van der Waals surface area contributed by atoms with E-state index >= 15 is 0 Å². The number of benzene rings is 2. The quantitative estimate of drug-likeness (QED) is 0.373. The standard InChI is InChI=1S/C17H17N3O7S/c1-4-9-18(16-10-13(19(21)22)6-8-17(16)27-3)28(25,26)14-7-5-12(2)15(11-14)20(23)24/h4-8,10-11H,1,9H2,2-3H3. The molecular formula is C17H17N3O7S. The van der Waals surface area contributed by atoms with E-state index < -0.39 is 19.9 Å². The van der Waals surface area contributed by atoms with Gasteiger partial charge in [-0.2, -0.15) is 0 Å². The Labute approximate surface area is 161 Å². The number of ether oxygens (including phenoxy) is 1. The first-order chi connectivity index (χ1) is 13.1. The molecule has 0 bridgehead atoms. The molecule has 0 spiro atoms. The predicted octanol–water partition coefficient (Wildman–Crippen LogP) is 3.20. The molecule has 0 N–H and O–H groups in total. The number of rotatable bonds is 8. The summed E-state index contributed by atoms with van der Waals surface area (Å²) in [6.07, 6.45) is 1.29. The van der Waals surface area contributed by atoms with Crippen LogP contribution in [0.2, 0.25) is 0 Å². The number of hydrogen-bond acceptors (Lipinski definition) is 7. The van der Waals surface area contributed by atoms with Crippen LogP contribution < -0.4 is 9.04 Å². The van der Waals surface area contributed by atoms with E-state index in [1.807, 2.05) is 0 Å². The van der Waals surface area contributed by atoms with Crippen LogP contribution >= 0.6 is 0 Å². The lowest BCUT2D eigenvalue weighted by Gasteiger charge is -2.24. The summed E-state index contributed by atoms with van der Waals surface area (Å²) in [5.41, 5.74) is -0.479. The van der Waals surface area contributed by atoms with Gasteiger partial charge in [-0.25, -0.2) is 8.42 Å². The summed E-state index contributed by atoms with van der Waals surface area (Å²) >= 11 is 0. The summed E-state index contributed by atoms with van der Waals surface area (Å²) < 4.78 is 32.4. The SMILES string of the molecule is C=CCN(c1cc([N+](=O)[O-])ccc1OC)S(=O)(=O)c1ccc(C)c([N+](=O)[O-])c1. The number of anilines is 1. The number of methoxy groups -OCH3 is 1. The Bertz CT molecular complexity index is 1050. The van der Waals surface area contributed by atoms with E-state index in [4.69, 9.17) is 4.74 Å². The fourth-order valence-electron chi connectivity index (χ4n) is 2.50. The highest BCUT2D eigenvalue weighted by Gasteiger charge is 2.30. The number of non-ortho nitro benzene ring substituents is 1. The number of nitrogens with zero attached hydrogens (tertiary/aromatic N) is 3. The molecule has 0 saturated carbocycles. The van der Waals surface area contributed by atoms with E-state index in [9.17, 15) is 28.6 Å². The number of nitro benzene ring substituents is 2. The molecule has 0 saturated heterocycles. The fourth-order valence-corrected chi connectivity index (χ4v) is 3.96. The summed E-state index contributed by atoms with van der Waals surface area (Å²) in [5, 5.41) is 22.3. The van der Waals surface area contributed by atoms with Crippen molar-refractivity contribution in [1.29, 1.82) is 0 Å². The van der Waals surface area contributed by atoms with E-state index in [0.717, 1.165) is 16.4 Å². The molecule has 11 heteroatoms. The summed E-state index contributed by atoms with van der Waals surface area (Å²) in [7, 11) is -3.02. The smallest absolute Gasteiger partial charge is 0.273 e. The van der Waals surface area contributed by atoms with Gasteiger partial charge in [0.1, 0.15) is 11.4 Å². The average Bonchev–Trinajstić information content (AvgIpc) is 2.65. The van der Waals surface area contributed by atoms with Crippen molar-refractivity contribution in [2.75, 3.05) is 18.0 Å². The van der Waals surface area contributed by atoms with Crippen LogP contribution in [0.5, 0.6) is 5.75 Å². The van der Waals surface area contributed by atoms with Gasteiger partial charge in [-0.3, -0.25) is 24.5 Å². The summed E-state index contributed by atoms with van der Waals surface area (Å²) in [6.45, 7) is 4.77. The summed E-state index contributed by atoms with van der Waals surface area (Å²) in [6, 6.07) is 7.01.